The number of carbonyl (C=O) groups excluding carboxylic acids is 1. The minimum atomic E-state index is -0.424. The maximum absolute atomic E-state index is 12.3. The monoisotopic (exact) mass is 340 g/mol. The highest BCUT2D eigenvalue weighted by molar-refractivity contribution is 5.89. The largest absolute Gasteiger partial charge is 0.493 e. The number of hydrogen-bond acceptors (Lipinski definition) is 3. The van der Waals surface area contributed by atoms with Crippen molar-refractivity contribution in [3.05, 3.63) is 60.2 Å². The van der Waals surface area contributed by atoms with Crippen LogP contribution in [0.25, 0.3) is 0 Å². The van der Waals surface area contributed by atoms with Crippen molar-refractivity contribution < 1.29 is 14.6 Å². The van der Waals surface area contributed by atoms with Crippen LogP contribution in [0.1, 0.15) is 18.4 Å². The molecule has 0 aliphatic carbocycles. The highest BCUT2D eigenvalue weighted by Crippen LogP contribution is 2.19. The van der Waals surface area contributed by atoms with Crippen LogP contribution in [0, 0.1) is 0 Å². The maximum Gasteiger partial charge on any atom is 0.321 e. The molecule has 25 heavy (non-hydrogen) atoms. The number of aliphatic hydroxyl groups is 1. The second-order valence-corrected chi connectivity index (χ2v) is 6.28. The van der Waals surface area contributed by atoms with Gasteiger partial charge in [-0.15, -0.1) is 0 Å². The second kappa shape index (κ2) is 8.53. The number of piperidine rings is 1. The zero-order chi connectivity index (χ0) is 17.5. The Bertz CT molecular complexity index is 690. The van der Waals surface area contributed by atoms with Gasteiger partial charge in [-0.1, -0.05) is 36.4 Å². The molecular formula is C20H24N2O3. The van der Waals surface area contributed by atoms with Crippen molar-refractivity contribution in [1.29, 1.82) is 0 Å². The zero-order valence-corrected chi connectivity index (χ0v) is 14.2. The van der Waals surface area contributed by atoms with E-state index in [2.05, 4.69) is 17.4 Å². The predicted molar refractivity (Wildman–Crippen MR) is 97.9 cm³/mol. The van der Waals surface area contributed by atoms with Gasteiger partial charge in [-0.25, -0.2) is 4.79 Å². The Hall–Kier alpha value is -2.53. The lowest BCUT2D eigenvalue weighted by Gasteiger charge is -2.30. The van der Waals surface area contributed by atoms with Crippen LogP contribution in [0.3, 0.4) is 0 Å². The number of amides is 2. The van der Waals surface area contributed by atoms with Crippen molar-refractivity contribution in [1.82, 2.24) is 4.90 Å². The SMILES string of the molecule is O=C(Nc1cccc(OCCc2ccccc2)c1)N1CCCC(O)C1. The van der Waals surface area contributed by atoms with E-state index in [0.29, 0.717) is 25.4 Å². The number of nitrogens with zero attached hydrogens (tertiary/aromatic N) is 1. The minimum absolute atomic E-state index is 0.180. The summed E-state index contributed by atoms with van der Waals surface area (Å²) in [6.45, 7) is 1.65. The fraction of sp³-hybridized carbons (Fsp3) is 0.350. The Morgan fingerprint density at radius 3 is 2.84 bits per heavy atom. The van der Waals surface area contributed by atoms with E-state index in [4.69, 9.17) is 4.74 Å². The van der Waals surface area contributed by atoms with Gasteiger partial charge in [-0.3, -0.25) is 0 Å². The van der Waals surface area contributed by atoms with Crippen LogP contribution in [0.15, 0.2) is 54.6 Å². The number of likely N-dealkylation sites (tertiary alicyclic amines) is 1. The van der Waals surface area contributed by atoms with E-state index in [0.717, 1.165) is 25.0 Å². The van der Waals surface area contributed by atoms with E-state index >= 15 is 0 Å². The van der Waals surface area contributed by atoms with Gasteiger partial charge in [-0.2, -0.15) is 0 Å². The van der Waals surface area contributed by atoms with Crippen molar-refractivity contribution in [3.8, 4) is 5.75 Å². The summed E-state index contributed by atoms with van der Waals surface area (Å²) in [7, 11) is 0. The zero-order valence-electron chi connectivity index (χ0n) is 14.2. The van der Waals surface area contributed by atoms with Crippen LogP contribution in [-0.2, 0) is 6.42 Å². The smallest absolute Gasteiger partial charge is 0.321 e. The number of benzene rings is 2. The van der Waals surface area contributed by atoms with Gasteiger partial charge in [0.15, 0.2) is 0 Å². The van der Waals surface area contributed by atoms with Crippen LogP contribution >= 0.6 is 0 Å². The third-order valence-corrected chi connectivity index (χ3v) is 4.27. The third kappa shape index (κ3) is 5.22. The molecule has 2 amide bonds. The Kier molecular flexibility index (Phi) is 5.90. The molecular weight excluding hydrogens is 316 g/mol. The maximum atomic E-state index is 12.3. The number of carbonyl (C=O) groups is 1. The molecule has 0 radical (unpaired) electrons. The van der Waals surface area contributed by atoms with Crippen molar-refractivity contribution in [2.24, 2.45) is 0 Å². The lowest BCUT2D eigenvalue weighted by Crippen LogP contribution is -2.44. The highest BCUT2D eigenvalue weighted by Gasteiger charge is 2.21. The summed E-state index contributed by atoms with van der Waals surface area (Å²) in [6.07, 6.45) is 2.00. The van der Waals surface area contributed by atoms with Crippen LogP contribution < -0.4 is 10.1 Å². The number of ether oxygens (including phenoxy) is 1. The summed E-state index contributed by atoms with van der Waals surface area (Å²) in [5.41, 5.74) is 1.93. The summed E-state index contributed by atoms with van der Waals surface area (Å²) in [5, 5.41) is 12.6. The van der Waals surface area contributed by atoms with E-state index in [1.165, 1.54) is 5.56 Å². The number of nitrogens with one attached hydrogen (secondary N) is 1. The number of anilines is 1. The van der Waals surface area contributed by atoms with Gasteiger partial charge >= 0.3 is 6.03 Å². The molecule has 1 fully saturated rings. The molecule has 1 aliphatic rings. The average Bonchev–Trinajstić information content (AvgIpc) is 2.63. The summed E-state index contributed by atoms with van der Waals surface area (Å²) in [5.74, 6) is 0.729. The Morgan fingerprint density at radius 2 is 2.04 bits per heavy atom. The second-order valence-electron chi connectivity index (χ2n) is 6.28. The fourth-order valence-corrected chi connectivity index (χ4v) is 2.94. The average molecular weight is 340 g/mol. The Labute approximate surface area is 148 Å². The van der Waals surface area contributed by atoms with Gasteiger partial charge < -0.3 is 20.1 Å². The lowest BCUT2D eigenvalue weighted by molar-refractivity contribution is 0.0883. The van der Waals surface area contributed by atoms with Crippen molar-refractivity contribution in [3.63, 3.8) is 0 Å². The summed E-state index contributed by atoms with van der Waals surface area (Å²) in [4.78, 5) is 13.9. The predicted octanol–water partition coefficient (Wildman–Crippen LogP) is 3.30. The molecule has 5 heteroatoms. The normalized spacial score (nSPS) is 17.2. The fourth-order valence-electron chi connectivity index (χ4n) is 2.94. The van der Waals surface area contributed by atoms with Crippen LogP contribution in [0.2, 0.25) is 0 Å². The molecule has 0 saturated carbocycles. The molecule has 2 aromatic carbocycles. The number of rotatable bonds is 5. The lowest BCUT2D eigenvalue weighted by atomic mass is 10.1. The van der Waals surface area contributed by atoms with E-state index < -0.39 is 6.10 Å². The van der Waals surface area contributed by atoms with Gasteiger partial charge in [0.05, 0.1) is 12.7 Å². The number of β-amino-alcohol motifs (C(OH)–C–C–N with tert-alkyl or cyclic N) is 1. The van der Waals surface area contributed by atoms with Crippen LogP contribution in [0.5, 0.6) is 5.75 Å². The van der Waals surface area contributed by atoms with E-state index in [1.54, 1.807) is 4.90 Å². The first kappa shape index (κ1) is 17.3. The Morgan fingerprint density at radius 1 is 1.20 bits per heavy atom. The molecule has 1 atom stereocenters. The third-order valence-electron chi connectivity index (χ3n) is 4.27. The molecule has 1 heterocycles. The first-order chi connectivity index (χ1) is 12.2. The molecule has 0 spiro atoms. The van der Waals surface area contributed by atoms with E-state index in [1.807, 2.05) is 42.5 Å². The topological polar surface area (TPSA) is 61.8 Å². The van der Waals surface area contributed by atoms with E-state index in [9.17, 15) is 9.90 Å². The Balaban J connectivity index is 1.51. The van der Waals surface area contributed by atoms with Gasteiger partial charge in [0.1, 0.15) is 5.75 Å². The summed E-state index contributed by atoms with van der Waals surface area (Å²) >= 11 is 0. The number of hydrogen-bond donors (Lipinski definition) is 2. The molecule has 0 aromatic heterocycles. The molecule has 2 N–H and O–H groups in total. The molecule has 2 aromatic rings. The van der Waals surface area contributed by atoms with Gasteiger partial charge in [0, 0.05) is 31.3 Å². The molecule has 3 rings (SSSR count). The molecule has 0 bridgehead atoms. The first-order valence-corrected chi connectivity index (χ1v) is 8.71. The molecule has 1 aliphatic heterocycles. The van der Waals surface area contributed by atoms with E-state index in [-0.39, 0.29) is 6.03 Å². The molecule has 132 valence electrons. The number of urea groups is 1. The van der Waals surface area contributed by atoms with Crippen molar-refractivity contribution in [2.75, 3.05) is 25.0 Å². The van der Waals surface area contributed by atoms with Crippen LogP contribution in [-0.4, -0.2) is 41.8 Å². The van der Waals surface area contributed by atoms with Gasteiger partial charge in [0.25, 0.3) is 0 Å². The standard InChI is InChI=1S/C20H24N2O3/c23-18-9-5-12-22(15-18)20(24)21-17-8-4-10-19(14-17)25-13-11-16-6-2-1-3-7-16/h1-4,6-8,10,14,18,23H,5,9,11-13,15H2,(H,21,24). The quantitative estimate of drug-likeness (QED) is 0.878. The minimum Gasteiger partial charge on any atom is -0.493 e. The molecule has 1 saturated heterocycles. The molecule has 1 unspecified atom stereocenters. The van der Waals surface area contributed by atoms with Crippen molar-refractivity contribution >= 4 is 11.7 Å². The highest BCUT2D eigenvalue weighted by atomic mass is 16.5. The first-order valence-electron chi connectivity index (χ1n) is 8.71. The summed E-state index contributed by atoms with van der Waals surface area (Å²) < 4.78 is 5.79. The molecule has 5 nitrogen and oxygen atoms in total. The van der Waals surface area contributed by atoms with Crippen molar-refractivity contribution in [2.45, 2.75) is 25.4 Å². The number of aliphatic hydroxyl groups excluding tert-OH is 1. The summed E-state index contributed by atoms with van der Waals surface area (Å²) in [6, 6.07) is 17.4. The van der Waals surface area contributed by atoms with Gasteiger partial charge in [0.2, 0.25) is 0 Å². The van der Waals surface area contributed by atoms with Gasteiger partial charge in [-0.05, 0) is 30.5 Å². The van der Waals surface area contributed by atoms with Crippen LogP contribution in [0.4, 0.5) is 10.5 Å².